The standard InChI is InChI=1S/C25H33Cl2N3O5S/c1-6-17(3)28-25(32)22(7-2)29(15-18-9-8-10-20(13-18)35-4)24(31)16-30(36(5,33)34)23-12-11-19(26)14-21(23)27/h8-14,17,22H,6-7,15-16H2,1-5H3,(H,28,32)/t17-,22+/m1/s1. The van der Waals surface area contributed by atoms with E-state index < -0.39 is 28.5 Å². The number of ether oxygens (including phenoxy) is 1. The molecule has 2 aromatic rings. The molecule has 2 amide bonds. The Morgan fingerprint density at radius 2 is 1.78 bits per heavy atom. The maximum atomic E-state index is 13.7. The highest BCUT2D eigenvalue weighted by molar-refractivity contribution is 7.92. The summed E-state index contributed by atoms with van der Waals surface area (Å²) in [5.74, 6) is -0.262. The highest BCUT2D eigenvalue weighted by atomic mass is 35.5. The predicted octanol–water partition coefficient (Wildman–Crippen LogP) is 4.49. The number of halogens is 2. The third-order valence-corrected chi connectivity index (χ3v) is 7.40. The quantitative estimate of drug-likeness (QED) is 0.414. The van der Waals surface area contributed by atoms with Crippen LogP contribution in [-0.2, 0) is 26.2 Å². The molecule has 0 saturated carbocycles. The molecule has 11 heteroatoms. The molecular formula is C25H33Cl2N3O5S. The van der Waals surface area contributed by atoms with Crippen molar-refractivity contribution in [3.8, 4) is 5.75 Å². The van der Waals surface area contributed by atoms with Crippen molar-refractivity contribution in [2.24, 2.45) is 0 Å². The molecule has 0 spiro atoms. The van der Waals surface area contributed by atoms with E-state index in [2.05, 4.69) is 5.32 Å². The minimum atomic E-state index is -3.90. The molecule has 0 aromatic heterocycles. The molecule has 0 aliphatic rings. The van der Waals surface area contributed by atoms with Gasteiger partial charge in [-0.25, -0.2) is 8.42 Å². The molecule has 2 rings (SSSR count). The van der Waals surface area contributed by atoms with Crippen molar-refractivity contribution in [2.75, 3.05) is 24.2 Å². The van der Waals surface area contributed by atoms with Gasteiger partial charge in [-0.05, 0) is 55.7 Å². The molecule has 198 valence electrons. The highest BCUT2D eigenvalue weighted by Gasteiger charge is 2.32. The molecule has 0 bridgehead atoms. The second-order valence-electron chi connectivity index (χ2n) is 8.48. The van der Waals surface area contributed by atoms with Crippen LogP contribution in [0.1, 0.15) is 39.2 Å². The van der Waals surface area contributed by atoms with Crippen LogP contribution in [-0.4, -0.2) is 57.1 Å². The van der Waals surface area contributed by atoms with E-state index in [9.17, 15) is 18.0 Å². The lowest BCUT2D eigenvalue weighted by molar-refractivity contribution is -0.140. The van der Waals surface area contributed by atoms with Crippen molar-refractivity contribution in [1.82, 2.24) is 10.2 Å². The second-order valence-corrected chi connectivity index (χ2v) is 11.2. The lowest BCUT2D eigenvalue weighted by atomic mass is 10.1. The number of benzene rings is 2. The summed E-state index contributed by atoms with van der Waals surface area (Å²) in [5, 5.41) is 3.34. The fraction of sp³-hybridized carbons (Fsp3) is 0.440. The van der Waals surface area contributed by atoms with Crippen LogP contribution in [0.25, 0.3) is 0 Å². The number of sulfonamides is 1. The first-order valence-electron chi connectivity index (χ1n) is 11.6. The summed E-state index contributed by atoms with van der Waals surface area (Å²) in [5.41, 5.74) is 0.850. The van der Waals surface area contributed by atoms with Crippen molar-refractivity contribution < 1.29 is 22.7 Å². The average molecular weight is 559 g/mol. The van der Waals surface area contributed by atoms with E-state index in [0.717, 1.165) is 22.5 Å². The minimum Gasteiger partial charge on any atom is -0.497 e. The first kappa shape index (κ1) is 29.7. The maximum Gasteiger partial charge on any atom is 0.244 e. The number of nitrogens with zero attached hydrogens (tertiary/aromatic N) is 2. The highest BCUT2D eigenvalue weighted by Crippen LogP contribution is 2.30. The molecule has 0 fully saturated rings. The number of methoxy groups -OCH3 is 1. The summed E-state index contributed by atoms with van der Waals surface area (Å²) in [4.78, 5) is 28.3. The number of anilines is 1. The zero-order valence-electron chi connectivity index (χ0n) is 21.1. The number of rotatable bonds is 12. The molecule has 8 nitrogen and oxygen atoms in total. The van der Waals surface area contributed by atoms with Crippen molar-refractivity contribution in [3.63, 3.8) is 0 Å². The number of hydrogen-bond acceptors (Lipinski definition) is 5. The zero-order valence-corrected chi connectivity index (χ0v) is 23.5. The second kappa shape index (κ2) is 13.2. The molecule has 0 heterocycles. The number of carbonyl (C=O) groups is 2. The van der Waals surface area contributed by atoms with Crippen LogP contribution in [0.15, 0.2) is 42.5 Å². The zero-order chi connectivity index (χ0) is 27.0. The largest absolute Gasteiger partial charge is 0.497 e. The summed E-state index contributed by atoms with van der Waals surface area (Å²) < 4.78 is 31.6. The van der Waals surface area contributed by atoms with E-state index >= 15 is 0 Å². The van der Waals surface area contributed by atoms with E-state index in [0.29, 0.717) is 17.2 Å². The van der Waals surface area contributed by atoms with Gasteiger partial charge in [-0.2, -0.15) is 0 Å². The monoisotopic (exact) mass is 557 g/mol. The molecular weight excluding hydrogens is 525 g/mol. The van der Waals surface area contributed by atoms with Gasteiger partial charge in [-0.15, -0.1) is 0 Å². The fourth-order valence-corrected chi connectivity index (χ4v) is 5.03. The predicted molar refractivity (Wildman–Crippen MR) is 144 cm³/mol. The fourth-order valence-electron chi connectivity index (χ4n) is 3.61. The molecule has 36 heavy (non-hydrogen) atoms. The first-order valence-corrected chi connectivity index (χ1v) is 14.2. The third-order valence-electron chi connectivity index (χ3n) is 5.73. The number of amides is 2. The Bertz CT molecular complexity index is 1180. The van der Waals surface area contributed by atoms with Gasteiger partial charge in [-0.1, -0.05) is 49.2 Å². The Morgan fingerprint density at radius 1 is 1.08 bits per heavy atom. The molecule has 2 atom stereocenters. The van der Waals surface area contributed by atoms with E-state index in [1.165, 1.54) is 30.2 Å². The summed E-state index contributed by atoms with van der Waals surface area (Å²) in [6, 6.07) is 10.6. The molecule has 0 radical (unpaired) electrons. The Kier molecular flexibility index (Phi) is 10.9. The maximum absolute atomic E-state index is 13.7. The lowest BCUT2D eigenvalue weighted by Gasteiger charge is -2.33. The van der Waals surface area contributed by atoms with Gasteiger partial charge < -0.3 is 15.0 Å². The van der Waals surface area contributed by atoms with E-state index in [-0.39, 0.29) is 29.2 Å². The molecule has 2 aromatic carbocycles. The van der Waals surface area contributed by atoms with Crippen LogP contribution in [0.5, 0.6) is 5.75 Å². The van der Waals surface area contributed by atoms with Crippen LogP contribution >= 0.6 is 23.2 Å². The number of hydrogen-bond donors (Lipinski definition) is 1. The van der Waals surface area contributed by atoms with Gasteiger partial charge in [-0.3, -0.25) is 13.9 Å². The molecule has 0 saturated heterocycles. The Morgan fingerprint density at radius 3 is 2.33 bits per heavy atom. The lowest BCUT2D eigenvalue weighted by Crippen LogP contribution is -2.53. The average Bonchev–Trinajstić information content (AvgIpc) is 2.82. The van der Waals surface area contributed by atoms with E-state index in [4.69, 9.17) is 27.9 Å². The van der Waals surface area contributed by atoms with Crippen molar-refractivity contribution >= 4 is 50.7 Å². The van der Waals surface area contributed by atoms with Crippen molar-refractivity contribution in [1.29, 1.82) is 0 Å². The van der Waals surface area contributed by atoms with Gasteiger partial charge >= 0.3 is 0 Å². The van der Waals surface area contributed by atoms with E-state index in [1.807, 2.05) is 19.9 Å². The normalized spacial score (nSPS) is 13.0. The SMILES string of the molecule is CC[C@@H](C)NC(=O)[C@H](CC)N(Cc1cccc(OC)c1)C(=O)CN(c1ccc(Cl)cc1Cl)S(C)(=O)=O. The van der Waals surface area contributed by atoms with Crippen LogP contribution < -0.4 is 14.4 Å². The molecule has 1 N–H and O–H groups in total. The number of nitrogens with one attached hydrogen (secondary N) is 1. The number of carbonyl (C=O) groups excluding carboxylic acids is 2. The van der Waals surface area contributed by atoms with Crippen LogP contribution in [0.4, 0.5) is 5.69 Å². The Balaban J connectivity index is 2.49. The van der Waals surface area contributed by atoms with Gasteiger partial charge in [0.15, 0.2) is 0 Å². The first-order chi connectivity index (χ1) is 16.9. The Hall–Kier alpha value is -2.49. The minimum absolute atomic E-state index is 0.0778. The summed E-state index contributed by atoms with van der Waals surface area (Å²) >= 11 is 12.2. The molecule has 0 aliphatic carbocycles. The summed E-state index contributed by atoms with van der Waals surface area (Å²) in [7, 11) is -2.37. The smallest absolute Gasteiger partial charge is 0.244 e. The van der Waals surface area contributed by atoms with Crippen LogP contribution in [0.3, 0.4) is 0 Å². The molecule has 0 unspecified atom stereocenters. The van der Waals surface area contributed by atoms with Gasteiger partial charge in [0, 0.05) is 17.6 Å². The van der Waals surface area contributed by atoms with Crippen molar-refractivity contribution in [3.05, 3.63) is 58.1 Å². The van der Waals surface area contributed by atoms with Gasteiger partial charge in [0.2, 0.25) is 21.8 Å². The van der Waals surface area contributed by atoms with E-state index in [1.54, 1.807) is 25.1 Å². The molecule has 0 aliphatic heterocycles. The summed E-state index contributed by atoms with van der Waals surface area (Å²) in [6.45, 7) is 5.17. The van der Waals surface area contributed by atoms with Gasteiger partial charge in [0.25, 0.3) is 0 Å². The van der Waals surface area contributed by atoms with Crippen LogP contribution in [0.2, 0.25) is 10.0 Å². The summed E-state index contributed by atoms with van der Waals surface area (Å²) in [6.07, 6.45) is 2.05. The Labute approximate surface area is 223 Å². The van der Waals surface area contributed by atoms with Gasteiger partial charge in [0.1, 0.15) is 18.3 Å². The third kappa shape index (κ3) is 8.01. The van der Waals surface area contributed by atoms with Crippen LogP contribution in [0, 0.1) is 0 Å². The van der Waals surface area contributed by atoms with Gasteiger partial charge in [0.05, 0.1) is 24.1 Å². The topological polar surface area (TPSA) is 96.0 Å². The van der Waals surface area contributed by atoms with Crippen molar-refractivity contribution in [2.45, 2.75) is 52.2 Å².